The minimum absolute atomic E-state index is 0.713. The Kier molecular flexibility index (Phi) is 2.35. The van der Waals surface area contributed by atoms with Crippen molar-refractivity contribution in [2.75, 3.05) is 17.2 Å². The molecule has 0 saturated heterocycles. The maximum atomic E-state index is 6.01. The molecule has 0 bridgehead atoms. The molecule has 0 saturated carbocycles. The molecule has 0 radical (unpaired) electrons. The Morgan fingerprint density at radius 1 is 1.15 bits per heavy atom. The van der Waals surface area contributed by atoms with Crippen LogP contribution < -0.4 is 10.6 Å². The van der Waals surface area contributed by atoms with Crippen LogP contribution >= 0.6 is 0 Å². The maximum absolute atomic E-state index is 6.01. The molecule has 1 aliphatic heterocycles. The van der Waals surface area contributed by atoms with Crippen molar-refractivity contribution in [1.29, 1.82) is 0 Å². The minimum atomic E-state index is 0.713. The van der Waals surface area contributed by atoms with Gasteiger partial charge in [-0.1, -0.05) is 12.1 Å². The Balaban J connectivity index is 1.82. The van der Waals surface area contributed by atoms with Crippen LogP contribution in [0.5, 0.6) is 0 Å². The number of nitrogens with zero attached hydrogens (tertiary/aromatic N) is 5. The van der Waals surface area contributed by atoms with Gasteiger partial charge in [0.05, 0.1) is 17.7 Å². The number of nitrogen functional groups attached to an aromatic ring is 1. The van der Waals surface area contributed by atoms with Crippen LogP contribution in [0, 0.1) is 0 Å². The molecule has 0 unspecified atom stereocenters. The number of pyridine rings is 1. The quantitative estimate of drug-likeness (QED) is 0.674. The summed E-state index contributed by atoms with van der Waals surface area (Å²) in [5.41, 5.74) is 8.73. The molecule has 0 amide bonds. The fraction of sp³-hybridized carbons (Fsp3) is 0.214. The lowest BCUT2D eigenvalue weighted by molar-refractivity contribution is 0.561. The number of aromatic nitrogens is 4. The smallest absolute Gasteiger partial charge is 0.152 e. The summed E-state index contributed by atoms with van der Waals surface area (Å²) < 4.78 is 2.09. The third kappa shape index (κ3) is 1.61. The summed E-state index contributed by atoms with van der Waals surface area (Å²) in [4.78, 5) is 6.68. The Labute approximate surface area is 115 Å². The summed E-state index contributed by atoms with van der Waals surface area (Å²) in [5.74, 6) is 0.991. The molecule has 0 atom stereocenters. The first-order valence-corrected chi connectivity index (χ1v) is 6.58. The van der Waals surface area contributed by atoms with Crippen LogP contribution in [0.15, 0.2) is 36.8 Å². The van der Waals surface area contributed by atoms with Crippen molar-refractivity contribution in [3.05, 3.63) is 42.6 Å². The maximum Gasteiger partial charge on any atom is 0.152 e. The normalized spacial score (nSPS) is 14.5. The Morgan fingerprint density at radius 3 is 3.05 bits per heavy atom. The van der Waals surface area contributed by atoms with Crippen molar-refractivity contribution in [3.63, 3.8) is 0 Å². The van der Waals surface area contributed by atoms with Gasteiger partial charge in [0.2, 0.25) is 0 Å². The van der Waals surface area contributed by atoms with E-state index >= 15 is 0 Å². The monoisotopic (exact) mass is 266 g/mol. The summed E-state index contributed by atoms with van der Waals surface area (Å²) in [5, 5.41) is 9.21. The van der Waals surface area contributed by atoms with Crippen LogP contribution in [0.4, 0.5) is 11.4 Å². The van der Waals surface area contributed by atoms with Gasteiger partial charge in [0.1, 0.15) is 6.33 Å². The fourth-order valence-corrected chi connectivity index (χ4v) is 2.73. The lowest BCUT2D eigenvalue weighted by atomic mass is 10.1. The largest absolute Gasteiger partial charge is 0.397 e. The third-order valence-corrected chi connectivity index (χ3v) is 3.76. The molecule has 3 aromatic rings. The molecule has 20 heavy (non-hydrogen) atoms. The summed E-state index contributed by atoms with van der Waals surface area (Å²) in [6.07, 6.45) is 3.60. The van der Waals surface area contributed by atoms with Crippen molar-refractivity contribution < 1.29 is 0 Å². The average Bonchev–Trinajstić information content (AvgIpc) is 2.94. The van der Waals surface area contributed by atoms with Crippen molar-refractivity contribution >= 4 is 22.3 Å². The molecule has 0 aliphatic carbocycles. The molecular weight excluding hydrogens is 252 g/mol. The van der Waals surface area contributed by atoms with E-state index in [2.05, 4.69) is 30.7 Å². The van der Waals surface area contributed by atoms with Crippen LogP contribution in [-0.4, -0.2) is 26.3 Å². The highest BCUT2D eigenvalue weighted by molar-refractivity contribution is 5.98. The first kappa shape index (κ1) is 11.2. The predicted molar refractivity (Wildman–Crippen MR) is 77.2 cm³/mol. The van der Waals surface area contributed by atoms with Gasteiger partial charge in [-0.25, -0.2) is 0 Å². The van der Waals surface area contributed by atoms with E-state index in [0.29, 0.717) is 5.69 Å². The van der Waals surface area contributed by atoms with E-state index in [1.54, 1.807) is 6.33 Å². The van der Waals surface area contributed by atoms with Gasteiger partial charge in [-0.3, -0.25) is 4.98 Å². The number of benzene rings is 1. The number of hydrogen-bond donors (Lipinski definition) is 1. The number of para-hydroxylation sites is 1. The van der Waals surface area contributed by atoms with Gasteiger partial charge in [-0.05, 0) is 12.1 Å². The second-order valence-electron chi connectivity index (χ2n) is 4.94. The van der Waals surface area contributed by atoms with Crippen molar-refractivity contribution in [2.24, 2.45) is 0 Å². The summed E-state index contributed by atoms with van der Waals surface area (Å²) in [6, 6.07) is 7.95. The number of rotatable bonds is 1. The van der Waals surface area contributed by atoms with E-state index in [1.807, 2.05) is 24.4 Å². The van der Waals surface area contributed by atoms with Crippen molar-refractivity contribution in [1.82, 2.24) is 19.7 Å². The highest BCUT2D eigenvalue weighted by atomic mass is 15.3. The van der Waals surface area contributed by atoms with Crippen molar-refractivity contribution in [3.8, 4) is 0 Å². The minimum Gasteiger partial charge on any atom is -0.397 e. The second-order valence-corrected chi connectivity index (χ2v) is 4.94. The van der Waals surface area contributed by atoms with Crippen LogP contribution in [0.3, 0.4) is 0 Å². The lowest BCUT2D eigenvalue weighted by Crippen LogP contribution is -2.33. The predicted octanol–water partition coefficient (Wildman–Crippen LogP) is 1.43. The average molecular weight is 266 g/mol. The Hall–Kier alpha value is -2.63. The van der Waals surface area contributed by atoms with Gasteiger partial charge in [0, 0.05) is 30.4 Å². The summed E-state index contributed by atoms with van der Waals surface area (Å²) >= 11 is 0. The Morgan fingerprint density at radius 2 is 2.10 bits per heavy atom. The molecule has 6 heteroatoms. The van der Waals surface area contributed by atoms with E-state index in [1.165, 1.54) is 0 Å². The van der Waals surface area contributed by atoms with Crippen LogP contribution in [0.25, 0.3) is 10.9 Å². The zero-order valence-electron chi connectivity index (χ0n) is 10.9. The van der Waals surface area contributed by atoms with Gasteiger partial charge in [-0.2, -0.15) is 0 Å². The van der Waals surface area contributed by atoms with E-state index in [4.69, 9.17) is 5.73 Å². The van der Waals surface area contributed by atoms with Crippen molar-refractivity contribution in [2.45, 2.75) is 13.1 Å². The second kappa shape index (κ2) is 4.19. The first-order valence-electron chi connectivity index (χ1n) is 6.58. The van der Waals surface area contributed by atoms with Gasteiger partial charge in [0.15, 0.2) is 5.82 Å². The molecule has 0 spiro atoms. The van der Waals surface area contributed by atoms with E-state index in [0.717, 1.165) is 42.0 Å². The topological polar surface area (TPSA) is 72.9 Å². The lowest BCUT2D eigenvalue weighted by Gasteiger charge is -2.29. The highest BCUT2D eigenvalue weighted by Gasteiger charge is 2.19. The molecule has 0 fully saturated rings. The van der Waals surface area contributed by atoms with E-state index < -0.39 is 0 Å². The summed E-state index contributed by atoms with van der Waals surface area (Å²) in [6.45, 7) is 2.58. The first-order chi connectivity index (χ1) is 9.83. The zero-order valence-corrected chi connectivity index (χ0v) is 10.9. The SMILES string of the molecule is Nc1cccc2c(N3CCn4cnnc4C3)ccnc12. The molecule has 3 heterocycles. The van der Waals surface area contributed by atoms with Gasteiger partial charge >= 0.3 is 0 Å². The molecule has 1 aromatic carbocycles. The van der Waals surface area contributed by atoms with E-state index in [-0.39, 0.29) is 0 Å². The number of nitrogens with two attached hydrogens (primary N) is 1. The Bertz CT molecular complexity index is 778. The van der Waals surface area contributed by atoms with Gasteiger partial charge in [-0.15, -0.1) is 10.2 Å². The summed E-state index contributed by atoms with van der Waals surface area (Å²) in [7, 11) is 0. The molecule has 100 valence electrons. The molecular formula is C14H14N6. The molecule has 2 aromatic heterocycles. The number of hydrogen-bond acceptors (Lipinski definition) is 5. The van der Waals surface area contributed by atoms with E-state index in [9.17, 15) is 0 Å². The zero-order chi connectivity index (χ0) is 13.5. The molecule has 2 N–H and O–H groups in total. The molecule has 6 nitrogen and oxygen atoms in total. The number of anilines is 2. The molecule has 4 rings (SSSR count). The standard InChI is InChI=1S/C14H14N6/c15-11-3-1-2-10-12(4-5-16-14(10)11)19-6-7-20-9-17-18-13(20)8-19/h1-5,9H,6-8,15H2. The van der Waals surface area contributed by atoms with Crippen LogP contribution in [0.2, 0.25) is 0 Å². The fourth-order valence-electron chi connectivity index (χ4n) is 2.73. The third-order valence-electron chi connectivity index (χ3n) is 3.76. The van der Waals surface area contributed by atoms with Crippen LogP contribution in [-0.2, 0) is 13.1 Å². The number of fused-ring (bicyclic) bond motifs is 2. The van der Waals surface area contributed by atoms with Crippen LogP contribution in [0.1, 0.15) is 5.82 Å². The van der Waals surface area contributed by atoms with Gasteiger partial charge in [0.25, 0.3) is 0 Å². The molecule has 1 aliphatic rings. The van der Waals surface area contributed by atoms with Gasteiger partial charge < -0.3 is 15.2 Å². The highest BCUT2D eigenvalue weighted by Crippen LogP contribution is 2.30.